The zero-order valence-corrected chi connectivity index (χ0v) is 8.10. The van der Waals surface area contributed by atoms with Crippen molar-refractivity contribution >= 4 is 28.8 Å². The van der Waals surface area contributed by atoms with Crippen LogP contribution in [0.2, 0.25) is 0 Å². The molecule has 0 saturated heterocycles. The summed E-state index contributed by atoms with van der Waals surface area (Å²) >= 11 is 0. The van der Waals surface area contributed by atoms with E-state index < -0.39 is 11.5 Å². The summed E-state index contributed by atoms with van der Waals surface area (Å²) in [4.78, 5) is 31.9. The molecule has 0 spiro atoms. The molecule has 5 heteroatoms. The van der Waals surface area contributed by atoms with Crippen LogP contribution >= 0.6 is 0 Å². The van der Waals surface area contributed by atoms with Gasteiger partial charge in [-0.25, -0.2) is 4.79 Å². The zero-order valence-electron chi connectivity index (χ0n) is 8.10. The van der Waals surface area contributed by atoms with Gasteiger partial charge in [-0.15, -0.1) is 0 Å². The summed E-state index contributed by atoms with van der Waals surface area (Å²) in [5.74, 6) is -0.752. The summed E-state index contributed by atoms with van der Waals surface area (Å²) < 4.78 is 4.92. The van der Waals surface area contributed by atoms with Gasteiger partial charge in [-0.2, -0.15) is 0 Å². The molecule has 2 aromatic rings. The zero-order chi connectivity index (χ0) is 11.5. The van der Waals surface area contributed by atoms with Crippen LogP contribution in [0.15, 0.2) is 39.5 Å². The molecule has 1 heterocycles. The van der Waals surface area contributed by atoms with E-state index in [1.807, 2.05) is 0 Å². The van der Waals surface area contributed by atoms with Crippen LogP contribution in [0.3, 0.4) is 0 Å². The van der Waals surface area contributed by atoms with Gasteiger partial charge in [0.05, 0.1) is 0 Å². The highest BCUT2D eigenvalue weighted by Crippen LogP contribution is 2.17. The van der Waals surface area contributed by atoms with E-state index in [2.05, 4.69) is 5.32 Å². The molecule has 0 fully saturated rings. The summed E-state index contributed by atoms with van der Waals surface area (Å²) in [5, 5.41) is 3.07. The van der Waals surface area contributed by atoms with Crippen LogP contribution in [0, 0.1) is 0 Å². The molecule has 0 aliphatic rings. The number of aldehydes is 1. The highest BCUT2D eigenvalue weighted by Gasteiger charge is 2.02. The van der Waals surface area contributed by atoms with Crippen molar-refractivity contribution in [3.05, 3.63) is 40.8 Å². The maximum atomic E-state index is 11.0. The van der Waals surface area contributed by atoms with Crippen LogP contribution in [0.1, 0.15) is 0 Å². The number of amides is 1. The van der Waals surface area contributed by atoms with E-state index in [0.717, 1.165) is 5.39 Å². The van der Waals surface area contributed by atoms with Crippen LogP contribution in [-0.4, -0.2) is 12.2 Å². The van der Waals surface area contributed by atoms with Gasteiger partial charge in [0.15, 0.2) is 0 Å². The highest BCUT2D eigenvalue weighted by molar-refractivity contribution is 6.29. The predicted molar refractivity (Wildman–Crippen MR) is 57.2 cm³/mol. The minimum Gasteiger partial charge on any atom is -0.423 e. The third kappa shape index (κ3) is 1.98. The minimum absolute atomic E-state index is 0.172. The molecule has 1 aromatic carbocycles. The number of fused-ring (bicyclic) bond motifs is 1. The van der Waals surface area contributed by atoms with E-state index in [4.69, 9.17) is 4.42 Å². The monoisotopic (exact) mass is 217 g/mol. The second-order valence-corrected chi connectivity index (χ2v) is 3.11. The molecule has 5 nitrogen and oxygen atoms in total. The number of nitrogens with one attached hydrogen (secondary N) is 1. The Balaban J connectivity index is 2.46. The van der Waals surface area contributed by atoms with Gasteiger partial charge in [-0.05, 0) is 18.2 Å². The van der Waals surface area contributed by atoms with Crippen LogP contribution in [0.4, 0.5) is 5.69 Å². The lowest BCUT2D eigenvalue weighted by atomic mass is 10.2. The fraction of sp³-hybridized carbons (Fsp3) is 0. The molecule has 0 bridgehead atoms. The second-order valence-electron chi connectivity index (χ2n) is 3.11. The van der Waals surface area contributed by atoms with Gasteiger partial charge in [0.2, 0.25) is 6.29 Å². The van der Waals surface area contributed by atoms with Crippen molar-refractivity contribution in [2.75, 3.05) is 5.32 Å². The van der Waals surface area contributed by atoms with E-state index in [1.165, 1.54) is 12.1 Å². The standard InChI is InChI=1S/C11H7NO4/c13-6-10(14)12-8-3-1-7-2-4-11(15)16-9(7)5-8/h1-6H,(H,12,14). The van der Waals surface area contributed by atoms with Crippen molar-refractivity contribution in [2.45, 2.75) is 0 Å². The maximum Gasteiger partial charge on any atom is 0.336 e. The number of hydrogen-bond donors (Lipinski definition) is 1. The Kier molecular flexibility index (Phi) is 2.51. The summed E-state index contributed by atoms with van der Waals surface area (Å²) in [5.41, 5.74) is 0.293. The number of anilines is 1. The Morgan fingerprint density at radius 1 is 1.25 bits per heavy atom. The van der Waals surface area contributed by atoms with E-state index in [9.17, 15) is 14.4 Å². The van der Waals surface area contributed by atoms with Gasteiger partial charge in [-0.3, -0.25) is 9.59 Å². The lowest BCUT2D eigenvalue weighted by molar-refractivity contribution is -0.127. The normalized spacial score (nSPS) is 10.0. The van der Waals surface area contributed by atoms with Gasteiger partial charge < -0.3 is 9.73 Å². The van der Waals surface area contributed by atoms with Crippen molar-refractivity contribution in [1.82, 2.24) is 0 Å². The van der Waals surface area contributed by atoms with Crippen molar-refractivity contribution < 1.29 is 14.0 Å². The lowest BCUT2D eigenvalue weighted by Gasteiger charge is -2.01. The predicted octanol–water partition coefficient (Wildman–Crippen LogP) is 0.930. The molecule has 2 rings (SSSR count). The molecule has 0 saturated carbocycles. The van der Waals surface area contributed by atoms with Crippen molar-refractivity contribution in [3.63, 3.8) is 0 Å². The molecule has 1 aromatic heterocycles. The fourth-order valence-electron chi connectivity index (χ4n) is 1.31. The molecule has 80 valence electrons. The largest absolute Gasteiger partial charge is 0.423 e. The Labute approximate surface area is 89.7 Å². The quantitative estimate of drug-likeness (QED) is 0.461. The number of carbonyl (C=O) groups is 2. The van der Waals surface area contributed by atoms with Crippen molar-refractivity contribution in [1.29, 1.82) is 0 Å². The maximum absolute atomic E-state index is 11.0. The first-order valence-electron chi connectivity index (χ1n) is 4.49. The average molecular weight is 217 g/mol. The molecule has 0 unspecified atom stereocenters. The van der Waals surface area contributed by atoms with Gasteiger partial charge >= 0.3 is 5.63 Å². The van der Waals surface area contributed by atoms with Crippen LogP contribution < -0.4 is 10.9 Å². The van der Waals surface area contributed by atoms with E-state index >= 15 is 0 Å². The molecule has 1 N–H and O–H groups in total. The first-order chi connectivity index (χ1) is 7.69. The molecular weight excluding hydrogens is 210 g/mol. The van der Waals surface area contributed by atoms with E-state index in [1.54, 1.807) is 18.2 Å². The Bertz CT molecular complexity index is 615. The summed E-state index contributed by atoms with van der Waals surface area (Å²) in [6.07, 6.45) is 0.172. The smallest absolute Gasteiger partial charge is 0.336 e. The average Bonchev–Trinajstić information content (AvgIpc) is 2.28. The topological polar surface area (TPSA) is 76.4 Å². The SMILES string of the molecule is O=CC(=O)Nc1ccc2ccc(=O)oc2c1. The highest BCUT2D eigenvalue weighted by atomic mass is 16.4. The van der Waals surface area contributed by atoms with Crippen molar-refractivity contribution in [2.24, 2.45) is 0 Å². The molecule has 0 atom stereocenters. The van der Waals surface area contributed by atoms with Crippen molar-refractivity contribution in [3.8, 4) is 0 Å². The summed E-state index contributed by atoms with van der Waals surface area (Å²) in [7, 11) is 0. The summed E-state index contributed by atoms with van der Waals surface area (Å²) in [6, 6.07) is 7.71. The molecular formula is C11H7NO4. The van der Waals surface area contributed by atoms with Crippen LogP contribution in [0.5, 0.6) is 0 Å². The first kappa shape index (κ1) is 10.1. The molecule has 1 amide bonds. The van der Waals surface area contributed by atoms with E-state index in [0.29, 0.717) is 11.3 Å². The van der Waals surface area contributed by atoms with Gasteiger partial charge in [0.25, 0.3) is 5.91 Å². The summed E-state index contributed by atoms with van der Waals surface area (Å²) in [6.45, 7) is 0. The van der Waals surface area contributed by atoms with Crippen LogP contribution in [0.25, 0.3) is 11.0 Å². The first-order valence-corrected chi connectivity index (χ1v) is 4.49. The van der Waals surface area contributed by atoms with Gasteiger partial charge in [0.1, 0.15) is 5.58 Å². The van der Waals surface area contributed by atoms with E-state index in [-0.39, 0.29) is 6.29 Å². The molecule has 0 aliphatic heterocycles. The third-order valence-electron chi connectivity index (χ3n) is 2.00. The van der Waals surface area contributed by atoms with Gasteiger partial charge in [0, 0.05) is 23.2 Å². The fourth-order valence-corrected chi connectivity index (χ4v) is 1.31. The number of benzene rings is 1. The number of hydrogen-bond acceptors (Lipinski definition) is 4. The van der Waals surface area contributed by atoms with Crippen LogP contribution in [-0.2, 0) is 9.59 Å². The molecule has 16 heavy (non-hydrogen) atoms. The molecule has 0 aliphatic carbocycles. The van der Waals surface area contributed by atoms with Gasteiger partial charge in [-0.1, -0.05) is 0 Å². The Morgan fingerprint density at radius 2 is 2.00 bits per heavy atom. The third-order valence-corrected chi connectivity index (χ3v) is 2.00. The second kappa shape index (κ2) is 3.98. The number of rotatable bonds is 2. The Hall–Kier alpha value is -2.43. The number of carbonyl (C=O) groups excluding carboxylic acids is 2. The minimum atomic E-state index is -0.752. The molecule has 0 radical (unpaired) electrons. The lowest BCUT2D eigenvalue weighted by Crippen LogP contribution is -2.11. The Morgan fingerprint density at radius 3 is 2.75 bits per heavy atom.